The van der Waals surface area contributed by atoms with Crippen molar-refractivity contribution in [3.63, 3.8) is 0 Å². The van der Waals surface area contributed by atoms with Gasteiger partial charge in [-0.25, -0.2) is 0 Å². The highest BCUT2D eigenvalue weighted by atomic mass is 32.2. The van der Waals surface area contributed by atoms with E-state index in [1.807, 2.05) is 42.5 Å². The molecule has 0 saturated heterocycles. The maximum Gasteiger partial charge on any atom is 0.100 e. The molecule has 0 amide bonds. The Balaban J connectivity index is 1.85. The highest BCUT2D eigenvalue weighted by Gasteiger charge is 2.55. The number of hydrogen-bond acceptors (Lipinski definition) is 2. The third kappa shape index (κ3) is 1.69. The van der Waals surface area contributed by atoms with Crippen LogP contribution in [0.4, 0.5) is 0 Å². The van der Waals surface area contributed by atoms with Crippen LogP contribution in [0.2, 0.25) is 0 Å². The number of allylic oxidation sites excluding steroid dienone is 1. The predicted octanol–water partition coefficient (Wildman–Crippen LogP) is 2.26. The number of aliphatic hydroxyl groups is 1. The SMILES string of the molecule is O=S(c1ccccc1)[C@@H]1C[C@H]2CCC=C[C@]21O. The predicted molar refractivity (Wildman–Crippen MR) is 68.1 cm³/mol. The molecule has 2 nitrogen and oxygen atoms in total. The lowest BCUT2D eigenvalue weighted by molar-refractivity contribution is -0.0529. The zero-order valence-electron chi connectivity index (χ0n) is 9.58. The van der Waals surface area contributed by atoms with E-state index in [-0.39, 0.29) is 5.25 Å². The maximum atomic E-state index is 12.4. The monoisotopic (exact) mass is 248 g/mol. The van der Waals surface area contributed by atoms with Crippen LogP contribution in [0.3, 0.4) is 0 Å². The van der Waals surface area contributed by atoms with Gasteiger partial charge >= 0.3 is 0 Å². The number of benzene rings is 1. The van der Waals surface area contributed by atoms with Gasteiger partial charge in [0.2, 0.25) is 0 Å². The molecule has 1 unspecified atom stereocenters. The van der Waals surface area contributed by atoms with Crippen molar-refractivity contribution in [1.29, 1.82) is 0 Å². The van der Waals surface area contributed by atoms with Gasteiger partial charge in [-0.2, -0.15) is 0 Å². The molecule has 1 fully saturated rings. The summed E-state index contributed by atoms with van der Waals surface area (Å²) < 4.78 is 12.4. The Hall–Kier alpha value is -0.930. The first-order chi connectivity index (χ1) is 8.22. The molecule has 0 spiro atoms. The average Bonchev–Trinajstić information content (AvgIpc) is 2.36. The van der Waals surface area contributed by atoms with Gasteiger partial charge < -0.3 is 5.11 Å². The van der Waals surface area contributed by atoms with E-state index in [0.717, 1.165) is 24.2 Å². The van der Waals surface area contributed by atoms with Gasteiger partial charge in [-0.1, -0.05) is 30.4 Å². The van der Waals surface area contributed by atoms with Crippen LogP contribution < -0.4 is 0 Å². The van der Waals surface area contributed by atoms with Crippen molar-refractivity contribution < 1.29 is 9.32 Å². The van der Waals surface area contributed by atoms with Crippen LogP contribution in [0.1, 0.15) is 19.3 Å². The molecule has 0 aliphatic heterocycles. The van der Waals surface area contributed by atoms with E-state index >= 15 is 0 Å². The van der Waals surface area contributed by atoms with Crippen molar-refractivity contribution >= 4 is 10.8 Å². The van der Waals surface area contributed by atoms with Crippen molar-refractivity contribution in [2.75, 3.05) is 0 Å². The molecule has 2 aliphatic rings. The van der Waals surface area contributed by atoms with Crippen molar-refractivity contribution in [3.05, 3.63) is 42.5 Å². The van der Waals surface area contributed by atoms with Gasteiger partial charge in [-0.15, -0.1) is 0 Å². The van der Waals surface area contributed by atoms with Gasteiger partial charge in [0.05, 0.1) is 16.0 Å². The van der Waals surface area contributed by atoms with E-state index in [4.69, 9.17) is 0 Å². The highest BCUT2D eigenvalue weighted by molar-refractivity contribution is 7.85. The molecule has 17 heavy (non-hydrogen) atoms. The van der Waals surface area contributed by atoms with Gasteiger partial charge in [0.15, 0.2) is 0 Å². The summed E-state index contributed by atoms with van der Waals surface area (Å²) in [6, 6.07) is 9.45. The summed E-state index contributed by atoms with van der Waals surface area (Å²) in [4.78, 5) is 0.823. The fourth-order valence-corrected chi connectivity index (χ4v) is 4.65. The van der Waals surface area contributed by atoms with E-state index in [2.05, 4.69) is 0 Å². The molecule has 1 N–H and O–H groups in total. The molecule has 0 radical (unpaired) electrons. The van der Waals surface area contributed by atoms with E-state index in [1.54, 1.807) is 0 Å². The third-order valence-corrected chi connectivity index (χ3v) is 5.79. The topological polar surface area (TPSA) is 37.3 Å². The second-order valence-corrected chi connectivity index (χ2v) is 6.53. The summed E-state index contributed by atoms with van der Waals surface area (Å²) in [5.74, 6) is 0.310. The molecule has 1 aromatic carbocycles. The zero-order valence-corrected chi connectivity index (χ0v) is 10.4. The average molecular weight is 248 g/mol. The minimum atomic E-state index is -1.10. The molecule has 1 aromatic rings. The summed E-state index contributed by atoms with van der Waals surface area (Å²) in [5.41, 5.74) is -0.820. The fourth-order valence-electron chi connectivity index (χ4n) is 2.88. The molecule has 1 saturated carbocycles. The van der Waals surface area contributed by atoms with Crippen molar-refractivity contribution in [2.24, 2.45) is 5.92 Å². The summed E-state index contributed by atoms with van der Waals surface area (Å²) in [7, 11) is -1.10. The highest BCUT2D eigenvalue weighted by Crippen LogP contribution is 2.48. The van der Waals surface area contributed by atoms with Crippen LogP contribution in [0.15, 0.2) is 47.4 Å². The quantitative estimate of drug-likeness (QED) is 0.815. The number of rotatable bonds is 2. The molecule has 3 rings (SSSR count). The first-order valence-corrected chi connectivity index (χ1v) is 7.29. The summed E-state index contributed by atoms with van der Waals surface area (Å²) in [6.45, 7) is 0. The first kappa shape index (κ1) is 11.2. The van der Waals surface area contributed by atoms with Gasteiger partial charge in [-0.3, -0.25) is 4.21 Å². The van der Waals surface area contributed by atoms with Gasteiger partial charge in [0.1, 0.15) is 5.60 Å². The van der Waals surface area contributed by atoms with Crippen LogP contribution in [0.5, 0.6) is 0 Å². The summed E-state index contributed by atoms with van der Waals surface area (Å²) >= 11 is 0. The lowest BCUT2D eigenvalue weighted by Gasteiger charge is -2.51. The van der Waals surface area contributed by atoms with Crippen LogP contribution in [0, 0.1) is 5.92 Å². The van der Waals surface area contributed by atoms with Gasteiger partial charge in [0, 0.05) is 4.90 Å². The van der Waals surface area contributed by atoms with E-state index in [0.29, 0.717) is 5.92 Å². The number of hydrogen-bond donors (Lipinski definition) is 1. The second-order valence-electron chi connectivity index (χ2n) is 4.90. The standard InChI is InChI=1S/C14H16O2S/c15-14-9-5-4-6-11(14)10-13(14)17(16)12-7-2-1-3-8-12/h1-3,5,7-9,11,13,15H,4,6,10H2/t11-,13-,14+,17?/m1/s1. The van der Waals surface area contributed by atoms with Crippen molar-refractivity contribution in [3.8, 4) is 0 Å². The molecule has 0 bridgehead atoms. The van der Waals surface area contributed by atoms with Gasteiger partial charge in [0.25, 0.3) is 0 Å². The zero-order chi connectivity index (χ0) is 11.9. The Labute approximate surface area is 104 Å². The first-order valence-electron chi connectivity index (χ1n) is 6.07. The molecule has 0 aromatic heterocycles. The maximum absolute atomic E-state index is 12.4. The normalized spacial score (nSPS) is 37.0. The Morgan fingerprint density at radius 2 is 2.06 bits per heavy atom. The molecule has 4 atom stereocenters. The second kappa shape index (κ2) is 4.07. The molecular weight excluding hydrogens is 232 g/mol. The molecular formula is C14H16O2S. The van der Waals surface area contributed by atoms with Crippen molar-refractivity contribution in [2.45, 2.75) is 35.0 Å². The molecule has 2 aliphatic carbocycles. The van der Waals surface area contributed by atoms with Crippen molar-refractivity contribution in [1.82, 2.24) is 0 Å². The van der Waals surface area contributed by atoms with E-state index < -0.39 is 16.4 Å². The molecule has 0 heterocycles. The fraction of sp³-hybridized carbons (Fsp3) is 0.429. The Kier molecular flexibility index (Phi) is 2.68. The summed E-state index contributed by atoms with van der Waals surface area (Å²) in [5, 5.41) is 10.4. The summed E-state index contributed by atoms with van der Waals surface area (Å²) in [6.07, 6.45) is 6.83. The van der Waals surface area contributed by atoms with Crippen LogP contribution in [-0.4, -0.2) is 20.2 Å². The van der Waals surface area contributed by atoms with E-state index in [9.17, 15) is 9.32 Å². The molecule has 90 valence electrons. The largest absolute Gasteiger partial charge is 0.384 e. The Bertz CT molecular complexity index is 468. The van der Waals surface area contributed by atoms with E-state index in [1.165, 1.54) is 0 Å². The molecule has 3 heteroatoms. The minimum absolute atomic E-state index is 0.133. The van der Waals surface area contributed by atoms with Gasteiger partial charge in [-0.05, 0) is 37.3 Å². The lowest BCUT2D eigenvalue weighted by atomic mass is 9.64. The Morgan fingerprint density at radius 1 is 1.29 bits per heavy atom. The van der Waals surface area contributed by atoms with Crippen LogP contribution in [-0.2, 0) is 10.8 Å². The van der Waals surface area contributed by atoms with Crippen LogP contribution in [0.25, 0.3) is 0 Å². The van der Waals surface area contributed by atoms with Crippen LogP contribution >= 0.6 is 0 Å². The Morgan fingerprint density at radius 3 is 2.76 bits per heavy atom. The number of fused-ring (bicyclic) bond motifs is 1. The lowest BCUT2D eigenvalue weighted by Crippen LogP contribution is -2.60. The third-order valence-electron chi connectivity index (χ3n) is 3.97. The smallest absolute Gasteiger partial charge is 0.100 e. The minimum Gasteiger partial charge on any atom is -0.384 e.